The van der Waals surface area contributed by atoms with Gasteiger partial charge in [-0.2, -0.15) is 0 Å². The van der Waals surface area contributed by atoms with Crippen LogP contribution in [-0.4, -0.2) is 9.39 Å². The Hall–Kier alpha value is -0.510. The Balaban J connectivity index is 2.51. The average Bonchev–Trinajstić information content (AvgIpc) is 2.31. The van der Waals surface area contributed by atoms with Gasteiger partial charge in [-0.3, -0.25) is 4.57 Å². The maximum absolute atomic E-state index is 10.8. The van der Waals surface area contributed by atoms with Crippen molar-refractivity contribution >= 4 is 15.9 Å². The zero-order chi connectivity index (χ0) is 8.27. The Morgan fingerprint density at radius 3 is 3.00 bits per heavy atom. The molecule has 1 unspecified atom stereocenters. The van der Waals surface area contributed by atoms with Crippen LogP contribution in [0.2, 0.25) is 0 Å². The summed E-state index contributed by atoms with van der Waals surface area (Å²) in [6.07, 6.45) is 3.98. The molecule has 0 radical (unpaired) electrons. The van der Waals surface area contributed by atoms with Crippen molar-refractivity contribution in [3.8, 4) is 0 Å². The molecule has 0 bridgehead atoms. The van der Waals surface area contributed by atoms with Gasteiger partial charge in [0, 0.05) is 17.6 Å². The van der Waals surface area contributed by atoms with E-state index in [-0.39, 0.29) is 5.76 Å². The summed E-state index contributed by atoms with van der Waals surface area (Å²) in [4.78, 5) is 11.2. The quantitative estimate of drug-likeness (QED) is 0.725. The van der Waals surface area contributed by atoms with E-state index in [1.807, 2.05) is 6.92 Å². The molecular weight excluding hydrogens is 210 g/mol. The standard InChI is InChI=1S/C7H10BrNO2/c1-6(8)2-3-9-4-5-11-7(9)10/h4-6H,2-3H2,1H3. The minimum Gasteiger partial charge on any atom is -0.416 e. The average molecular weight is 220 g/mol. The van der Waals surface area contributed by atoms with Crippen molar-refractivity contribution in [1.82, 2.24) is 4.57 Å². The molecule has 0 aliphatic heterocycles. The van der Waals surface area contributed by atoms with Gasteiger partial charge in [-0.1, -0.05) is 22.9 Å². The molecule has 0 fully saturated rings. The molecule has 1 rings (SSSR count). The van der Waals surface area contributed by atoms with Crippen LogP contribution in [0.1, 0.15) is 13.3 Å². The minimum absolute atomic E-state index is 0.279. The summed E-state index contributed by atoms with van der Waals surface area (Å²) in [6, 6.07) is 0. The van der Waals surface area contributed by atoms with Crippen LogP contribution in [0.4, 0.5) is 0 Å². The van der Waals surface area contributed by atoms with Gasteiger partial charge in [0.15, 0.2) is 0 Å². The van der Waals surface area contributed by atoms with Crippen LogP contribution in [0.15, 0.2) is 21.7 Å². The molecule has 1 heterocycles. The van der Waals surface area contributed by atoms with Crippen molar-refractivity contribution in [3.63, 3.8) is 0 Å². The molecule has 0 amide bonds. The number of oxazole rings is 1. The summed E-state index contributed by atoms with van der Waals surface area (Å²) in [5.74, 6) is -0.279. The van der Waals surface area contributed by atoms with Crippen molar-refractivity contribution < 1.29 is 4.42 Å². The smallest absolute Gasteiger partial charge is 0.416 e. The zero-order valence-electron chi connectivity index (χ0n) is 6.29. The molecule has 0 aliphatic carbocycles. The van der Waals surface area contributed by atoms with Crippen molar-refractivity contribution in [3.05, 3.63) is 23.0 Å². The highest BCUT2D eigenvalue weighted by atomic mass is 79.9. The molecule has 0 aliphatic rings. The Labute approximate surface area is 73.1 Å². The topological polar surface area (TPSA) is 35.1 Å². The Morgan fingerprint density at radius 1 is 1.82 bits per heavy atom. The van der Waals surface area contributed by atoms with Crippen LogP contribution in [-0.2, 0) is 6.54 Å². The fourth-order valence-electron chi connectivity index (χ4n) is 0.773. The largest absolute Gasteiger partial charge is 0.418 e. The van der Waals surface area contributed by atoms with Crippen molar-refractivity contribution in [2.75, 3.05) is 0 Å². The Bertz CT molecular complexity index is 263. The van der Waals surface area contributed by atoms with Crippen LogP contribution < -0.4 is 5.76 Å². The van der Waals surface area contributed by atoms with E-state index in [4.69, 9.17) is 0 Å². The number of alkyl halides is 1. The van der Waals surface area contributed by atoms with Gasteiger partial charge in [0.25, 0.3) is 0 Å². The number of rotatable bonds is 3. The third kappa shape index (κ3) is 2.54. The third-order valence-corrected chi connectivity index (χ3v) is 1.87. The molecular formula is C7H10BrNO2. The second-order valence-electron chi connectivity index (χ2n) is 2.43. The van der Waals surface area contributed by atoms with E-state index in [1.165, 1.54) is 6.26 Å². The zero-order valence-corrected chi connectivity index (χ0v) is 7.87. The molecule has 4 heteroatoms. The summed E-state index contributed by atoms with van der Waals surface area (Å²) in [5, 5.41) is 0. The Morgan fingerprint density at radius 2 is 2.55 bits per heavy atom. The minimum atomic E-state index is -0.279. The second kappa shape index (κ2) is 3.76. The van der Waals surface area contributed by atoms with Crippen LogP contribution in [0.5, 0.6) is 0 Å². The van der Waals surface area contributed by atoms with Gasteiger partial charge in [-0.05, 0) is 6.42 Å². The summed E-state index contributed by atoms with van der Waals surface area (Å²) in [7, 11) is 0. The highest BCUT2D eigenvalue weighted by molar-refractivity contribution is 9.09. The van der Waals surface area contributed by atoms with Crippen LogP contribution in [0, 0.1) is 0 Å². The lowest BCUT2D eigenvalue weighted by molar-refractivity contribution is 0.472. The predicted molar refractivity (Wildman–Crippen MR) is 46.0 cm³/mol. The predicted octanol–water partition coefficient (Wildman–Crippen LogP) is 1.61. The third-order valence-electron chi connectivity index (χ3n) is 1.41. The molecule has 1 atom stereocenters. The fraction of sp³-hybridized carbons (Fsp3) is 0.571. The first-order valence-corrected chi connectivity index (χ1v) is 4.39. The van der Waals surface area contributed by atoms with E-state index in [1.54, 1.807) is 10.8 Å². The highest BCUT2D eigenvalue weighted by Gasteiger charge is 1.99. The van der Waals surface area contributed by atoms with Crippen molar-refractivity contribution in [2.24, 2.45) is 0 Å². The summed E-state index contributed by atoms with van der Waals surface area (Å²) in [6.45, 7) is 2.76. The molecule has 0 aromatic carbocycles. The lowest BCUT2D eigenvalue weighted by Gasteiger charge is -2.00. The van der Waals surface area contributed by atoms with E-state index in [2.05, 4.69) is 20.3 Å². The van der Waals surface area contributed by atoms with Crippen molar-refractivity contribution in [2.45, 2.75) is 24.7 Å². The summed E-state index contributed by atoms with van der Waals surface area (Å²) < 4.78 is 6.14. The second-order valence-corrected chi connectivity index (χ2v) is 3.99. The van der Waals surface area contributed by atoms with Gasteiger partial charge in [0.05, 0.1) is 0 Å². The van der Waals surface area contributed by atoms with Gasteiger partial charge < -0.3 is 4.42 Å². The molecule has 3 nitrogen and oxygen atoms in total. The normalized spacial score (nSPS) is 13.3. The number of aryl methyl sites for hydroxylation is 1. The van der Waals surface area contributed by atoms with E-state index < -0.39 is 0 Å². The summed E-state index contributed by atoms with van der Waals surface area (Å²) in [5.41, 5.74) is 0. The fourth-order valence-corrected chi connectivity index (χ4v) is 0.978. The maximum atomic E-state index is 10.8. The van der Waals surface area contributed by atoms with Gasteiger partial charge >= 0.3 is 5.76 Å². The SMILES string of the molecule is CC(Br)CCn1ccoc1=O. The summed E-state index contributed by atoms with van der Waals surface area (Å²) >= 11 is 3.40. The Kier molecular flexibility index (Phi) is 2.93. The molecule has 0 spiro atoms. The van der Waals surface area contributed by atoms with Crippen LogP contribution >= 0.6 is 15.9 Å². The van der Waals surface area contributed by atoms with E-state index in [9.17, 15) is 4.79 Å². The molecule has 1 aromatic heterocycles. The van der Waals surface area contributed by atoms with Crippen LogP contribution in [0.25, 0.3) is 0 Å². The molecule has 1 aromatic rings. The van der Waals surface area contributed by atoms with E-state index in [0.29, 0.717) is 11.4 Å². The monoisotopic (exact) mass is 219 g/mol. The number of halogens is 1. The first-order chi connectivity index (χ1) is 5.20. The molecule has 11 heavy (non-hydrogen) atoms. The number of nitrogens with zero attached hydrogens (tertiary/aromatic N) is 1. The van der Waals surface area contributed by atoms with E-state index >= 15 is 0 Å². The first-order valence-electron chi connectivity index (χ1n) is 3.48. The lowest BCUT2D eigenvalue weighted by atomic mass is 10.3. The number of hydrogen-bond acceptors (Lipinski definition) is 2. The lowest BCUT2D eigenvalue weighted by Crippen LogP contribution is -2.14. The molecule has 0 saturated carbocycles. The van der Waals surface area contributed by atoms with Gasteiger partial charge in [-0.25, -0.2) is 4.79 Å². The number of hydrogen-bond donors (Lipinski definition) is 0. The van der Waals surface area contributed by atoms with Gasteiger partial charge in [0.2, 0.25) is 0 Å². The van der Waals surface area contributed by atoms with E-state index in [0.717, 1.165) is 6.42 Å². The first kappa shape index (κ1) is 8.59. The molecule has 0 N–H and O–H groups in total. The number of aromatic nitrogens is 1. The van der Waals surface area contributed by atoms with Crippen molar-refractivity contribution in [1.29, 1.82) is 0 Å². The molecule has 62 valence electrons. The highest BCUT2D eigenvalue weighted by Crippen LogP contribution is 2.03. The maximum Gasteiger partial charge on any atom is 0.418 e. The molecule has 0 saturated heterocycles. The van der Waals surface area contributed by atoms with Crippen LogP contribution in [0.3, 0.4) is 0 Å². The van der Waals surface area contributed by atoms with Gasteiger partial charge in [-0.15, -0.1) is 0 Å². The van der Waals surface area contributed by atoms with Gasteiger partial charge in [0.1, 0.15) is 6.26 Å².